The number of aliphatic carboxylic acids is 1. The molecule has 0 aromatic heterocycles. The molecule has 0 spiro atoms. The summed E-state index contributed by atoms with van der Waals surface area (Å²) in [6.07, 6.45) is 0.182. The number of hydrogen-bond donors (Lipinski definition) is 4. The SMILES string of the molecule is CC(C)(CCC(=O)O)NC(=O)Nc1cccc(S(N)(=O)=O)c1. The molecule has 122 valence electrons. The number of carboxylic acids is 1. The van der Waals surface area contributed by atoms with Crippen molar-refractivity contribution in [2.75, 3.05) is 5.32 Å². The van der Waals surface area contributed by atoms with Gasteiger partial charge in [0, 0.05) is 17.6 Å². The molecule has 0 radical (unpaired) electrons. The third-order valence-corrected chi connectivity index (χ3v) is 3.75. The molecule has 1 aromatic carbocycles. The molecule has 0 aliphatic heterocycles. The van der Waals surface area contributed by atoms with Crippen molar-refractivity contribution in [3.63, 3.8) is 0 Å². The van der Waals surface area contributed by atoms with Crippen molar-refractivity contribution in [3.8, 4) is 0 Å². The van der Waals surface area contributed by atoms with Crippen molar-refractivity contribution in [2.45, 2.75) is 37.1 Å². The molecule has 5 N–H and O–H groups in total. The largest absolute Gasteiger partial charge is 0.481 e. The van der Waals surface area contributed by atoms with Gasteiger partial charge in [-0.25, -0.2) is 18.4 Å². The van der Waals surface area contributed by atoms with Gasteiger partial charge >= 0.3 is 12.0 Å². The minimum Gasteiger partial charge on any atom is -0.481 e. The fourth-order valence-electron chi connectivity index (χ4n) is 1.70. The predicted octanol–water partition coefficient (Wildman–Crippen LogP) is 1.10. The average molecular weight is 329 g/mol. The lowest BCUT2D eigenvalue weighted by atomic mass is 9.99. The minimum atomic E-state index is -3.85. The normalized spacial score (nSPS) is 11.8. The van der Waals surface area contributed by atoms with Crippen LogP contribution in [-0.2, 0) is 14.8 Å². The molecule has 0 unspecified atom stereocenters. The summed E-state index contributed by atoms with van der Waals surface area (Å²) in [4.78, 5) is 22.3. The van der Waals surface area contributed by atoms with Crippen molar-refractivity contribution in [3.05, 3.63) is 24.3 Å². The fourth-order valence-corrected chi connectivity index (χ4v) is 2.26. The first-order valence-corrected chi connectivity index (χ1v) is 7.98. The van der Waals surface area contributed by atoms with Crippen LogP contribution in [0.4, 0.5) is 10.5 Å². The average Bonchev–Trinajstić information content (AvgIpc) is 2.35. The Hall–Kier alpha value is -2.13. The molecule has 0 saturated heterocycles. The van der Waals surface area contributed by atoms with E-state index in [2.05, 4.69) is 10.6 Å². The number of carbonyl (C=O) groups is 2. The molecule has 8 nitrogen and oxygen atoms in total. The summed E-state index contributed by atoms with van der Waals surface area (Å²) in [6.45, 7) is 3.38. The molecule has 0 heterocycles. The number of nitrogens with two attached hydrogens (primary N) is 1. The zero-order valence-corrected chi connectivity index (χ0v) is 13.1. The van der Waals surface area contributed by atoms with Crippen LogP contribution in [0.3, 0.4) is 0 Å². The maximum atomic E-state index is 11.9. The van der Waals surface area contributed by atoms with Crippen LogP contribution in [0.5, 0.6) is 0 Å². The van der Waals surface area contributed by atoms with Crippen molar-refractivity contribution in [1.29, 1.82) is 0 Å². The number of amides is 2. The van der Waals surface area contributed by atoms with E-state index in [-0.39, 0.29) is 23.4 Å². The quantitative estimate of drug-likeness (QED) is 0.619. The van der Waals surface area contributed by atoms with Gasteiger partial charge in [-0.05, 0) is 38.5 Å². The topological polar surface area (TPSA) is 139 Å². The van der Waals surface area contributed by atoms with Gasteiger partial charge < -0.3 is 15.7 Å². The maximum Gasteiger partial charge on any atom is 0.319 e. The second-order valence-electron chi connectivity index (χ2n) is 5.43. The van der Waals surface area contributed by atoms with E-state index in [9.17, 15) is 18.0 Å². The van der Waals surface area contributed by atoms with Gasteiger partial charge in [-0.2, -0.15) is 0 Å². The van der Waals surface area contributed by atoms with Crippen LogP contribution in [0.2, 0.25) is 0 Å². The number of rotatable bonds is 6. The third-order valence-electron chi connectivity index (χ3n) is 2.84. The van der Waals surface area contributed by atoms with E-state index in [1.807, 2.05) is 0 Å². The van der Waals surface area contributed by atoms with Crippen LogP contribution in [0.25, 0.3) is 0 Å². The monoisotopic (exact) mass is 329 g/mol. The highest BCUT2D eigenvalue weighted by Crippen LogP contribution is 2.15. The first-order valence-electron chi connectivity index (χ1n) is 6.43. The molecule has 0 aliphatic carbocycles. The standard InChI is InChI=1S/C13H19N3O5S/c1-13(2,7-6-11(17)18)16-12(19)15-9-4-3-5-10(8-9)22(14,20)21/h3-5,8H,6-7H2,1-2H3,(H,17,18)(H2,14,20,21)(H2,15,16,19). The lowest BCUT2D eigenvalue weighted by Crippen LogP contribution is -2.45. The summed E-state index contributed by atoms with van der Waals surface area (Å²) in [5.74, 6) is -0.948. The number of carbonyl (C=O) groups excluding carboxylic acids is 1. The van der Waals surface area contributed by atoms with Gasteiger partial charge in [-0.3, -0.25) is 4.79 Å². The zero-order valence-electron chi connectivity index (χ0n) is 12.3. The molecule has 0 fully saturated rings. The number of urea groups is 1. The molecule has 0 aliphatic rings. The fraction of sp³-hybridized carbons (Fsp3) is 0.385. The van der Waals surface area contributed by atoms with Crippen LogP contribution in [-0.4, -0.2) is 31.1 Å². The molecule has 9 heteroatoms. The Morgan fingerprint density at radius 3 is 2.50 bits per heavy atom. The van der Waals surface area contributed by atoms with E-state index >= 15 is 0 Å². The van der Waals surface area contributed by atoms with Gasteiger partial charge in [0.25, 0.3) is 0 Å². The Kier molecular flexibility index (Phi) is 5.50. The zero-order chi connectivity index (χ0) is 17.0. The molecular formula is C13H19N3O5S. The molecular weight excluding hydrogens is 310 g/mol. The maximum absolute atomic E-state index is 11.9. The van der Waals surface area contributed by atoms with Gasteiger partial charge in [0.1, 0.15) is 0 Å². The Balaban J connectivity index is 2.71. The van der Waals surface area contributed by atoms with E-state index in [4.69, 9.17) is 10.2 Å². The molecule has 0 saturated carbocycles. The number of benzene rings is 1. The van der Waals surface area contributed by atoms with E-state index in [1.165, 1.54) is 24.3 Å². The molecule has 1 aromatic rings. The Morgan fingerprint density at radius 1 is 1.32 bits per heavy atom. The Bertz CT molecular complexity index is 670. The molecule has 0 atom stereocenters. The number of nitrogens with one attached hydrogen (secondary N) is 2. The van der Waals surface area contributed by atoms with Gasteiger partial charge in [0.15, 0.2) is 0 Å². The smallest absolute Gasteiger partial charge is 0.319 e. The summed E-state index contributed by atoms with van der Waals surface area (Å²) in [5, 5.41) is 18.8. The Morgan fingerprint density at radius 2 is 1.95 bits per heavy atom. The lowest BCUT2D eigenvalue weighted by molar-refractivity contribution is -0.137. The highest BCUT2D eigenvalue weighted by molar-refractivity contribution is 7.89. The van der Waals surface area contributed by atoms with Crippen LogP contribution in [0.15, 0.2) is 29.2 Å². The molecule has 2 amide bonds. The summed E-state index contributed by atoms with van der Waals surface area (Å²) >= 11 is 0. The summed E-state index contributed by atoms with van der Waals surface area (Å²) in [5.41, 5.74) is -0.460. The summed E-state index contributed by atoms with van der Waals surface area (Å²) < 4.78 is 22.5. The van der Waals surface area contributed by atoms with E-state index in [0.29, 0.717) is 0 Å². The molecule has 0 bridgehead atoms. The summed E-state index contributed by atoms with van der Waals surface area (Å²) in [6, 6.07) is 4.94. The van der Waals surface area contributed by atoms with Crippen LogP contribution in [0, 0.1) is 0 Å². The molecule has 1 rings (SSSR count). The number of sulfonamides is 1. The highest BCUT2D eigenvalue weighted by atomic mass is 32.2. The van der Waals surface area contributed by atoms with Crippen molar-refractivity contribution < 1.29 is 23.1 Å². The second-order valence-corrected chi connectivity index (χ2v) is 6.99. The van der Waals surface area contributed by atoms with E-state index in [1.54, 1.807) is 13.8 Å². The van der Waals surface area contributed by atoms with Crippen LogP contribution in [0.1, 0.15) is 26.7 Å². The number of anilines is 1. The predicted molar refractivity (Wildman–Crippen MR) is 80.9 cm³/mol. The van der Waals surface area contributed by atoms with E-state index < -0.39 is 27.6 Å². The second kappa shape index (κ2) is 6.75. The van der Waals surface area contributed by atoms with Gasteiger partial charge in [0.05, 0.1) is 4.90 Å². The number of carboxylic acid groups (broad SMARTS) is 1. The van der Waals surface area contributed by atoms with Gasteiger partial charge in [0.2, 0.25) is 10.0 Å². The van der Waals surface area contributed by atoms with Crippen molar-refractivity contribution in [2.24, 2.45) is 5.14 Å². The van der Waals surface area contributed by atoms with Crippen molar-refractivity contribution >= 4 is 27.7 Å². The minimum absolute atomic E-state index is 0.0752. The number of hydrogen-bond acceptors (Lipinski definition) is 4. The number of primary sulfonamides is 1. The van der Waals surface area contributed by atoms with Crippen LogP contribution < -0.4 is 15.8 Å². The van der Waals surface area contributed by atoms with Crippen LogP contribution >= 0.6 is 0 Å². The highest BCUT2D eigenvalue weighted by Gasteiger charge is 2.21. The summed E-state index contributed by atoms with van der Waals surface area (Å²) in [7, 11) is -3.85. The van der Waals surface area contributed by atoms with Gasteiger partial charge in [-0.15, -0.1) is 0 Å². The van der Waals surface area contributed by atoms with Gasteiger partial charge in [-0.1, -0.05) is 6.07 Å². The van der Waals surface area contributed by atoms with E-state index in [0.717, 1.165) is 0 Å². The Labute approximate surface area is 128 Å². The lowest BCUT2D eigenvalue weighted by Gasteiger charge is -2.25. The van der Waals surface area contributed by atoms with Crippen molar-refractivity contribution in [1.82, 2.24) is 5.32 Å². The first kappa shape index (κ1) is 17.9. The molecule has 22 heavy (non-hydrogen) atoms. The first-order chi connectivity index (χ1) is 9.99. The third kappa shape index (κ3) is 6.10.